The van der Waals surface area contributed by atoms with Crippen LogP contribution in [-0.2, 0) is 0 Å². The topological polar surface area (TPSA) is 47.5 Å². The summed E-state index contributed by atoms with van der Waals surface area (Å²) in [5, 5.41) is 16.4. The van der Waals surface area contributed by atoms with Crippen LogP contribution in [0.15, 0.2) is 0 Å². The molecule has 0 spiro atoms. The monoisotopic (exact) mass is 189 g/mol. The molecule has 0 radical (unpaired) electrons. The second-order valence-corrected chi connectivity index (χ2v) is 3.52. The molecule has 1 atom stereocenters. The van der Waals surface area contributed by atoms with Gasteiger partial charge in [-0.05, 0) is 25.6 Å². The largest absolute Gasteiger partial charge is 0.376 e. The molecule has 5 heteroatoms. The van der Waals surface area contributed by atoms with E-state index in [9.17, 15) is 5.11 Å². The van der Waals surface area contributed by atoms with Gasteiger partial charge in [-0.2, -0.15) is 0 Å². The molecule has 0 saturated carbocycles. The van der Waals surface area contributed by atoms with Gasteiger partial charge in [-0.1, -0.05) is 6.92 Å². The van der Waals surface area contributed by atoms with Crippen LogP contribution in [0.3, 0.4) is 0 Å². The minimum atomic E-state index is -0.754. The Balaban J connectivity index is 2.49. The molecule has 1 fully saturated rings. The Morgan fingerprint density at radius 2 is 2.08 bits per heavy atom. The van der Waals surface area contributed by atoms with Gasteiger partial charge in [0, 0.05) is 0 Å². The van der Waals surface area contributed by atoms with Crippen molar-refractivity contribution in [2.24, 2.45) is 0 Å². The standard InChI is InChI=1S/C7H15N3OS/c1-3-7(2,11)10-4-8-6(12)9-5-10/h11H,3-5H2,1-2H3,(H2,8,9,12)/t7-/m1/s1. The molecule has 0 unspecified atom stereocenters. The van der Waals surface area contributed by atoms with Crippen molar-refractivity contribution in [1.82, 2.24) is 15.5 Å². The number of nitrogens with one attached hydrogen (secondary N) is 2. The third-order valence-electron chi connectivity index (χ3n) is 2.21. The summed E-state index contributed by atoms with van der Waals surface area (Å²) in [6.45, 7) is 4.96. The number of hydrogen-bond acceptors (Lipinski definition) is 3. The summed E-state index contributed by atoms with van der Waals surface area (Å²) in [6.07, 6.45) is 0.698. The molecule has 12 heavy (non-hydrogen) atoms. The number of aliphatic hydroxyl groups is 1. The summed E-state index contributed by atoms with van der Waals surface area (Å²) in [5.41, 5.74) is -0.754. The molecule has 0 bridgehead atoms. The number of thiocarbonyl (C=S) groups is 1. The average Bonchev–Trinajstić information content (AvgIpc) is 2.05. The molecule has 1 saturated heterocycles. The Morgan fingerprint density at radius 3 is 2.50 bits per heavy atom. The van der Waals surface area contributed by atoms with E-state index in [-0.39, 0.29) is 0 Å². The normalized spacial score (nSPS) is 24.1. The zero-order valence-electron chi connectivity index (χ0n) is 7.42. The second kappa shape index (κ2) is 3.55. The lowest BCUT2D eigenvalue weighted by atomic mass is 10.2. The van der Waals surface area contributed by atoms with Gasteiger partial charge in [0.15, 0.2) is 5.11 Å². The molecule has 1 aliphatic heterocycles. The Labute approximate surface area is 77.9 Å². The predicted molar refractivity (Wildman–Crippen MR) is 51.4 cm³/mol. The maximum absolute atomic E-state index is 9.84. The first-order chi connectivity index (χ1) is 5.56. The number of hydrogen-bond donors (Lipinski definition) is 3. The van der Waals surface area contributed by atoms with E-state index in [0.29, 0.717) is 24.9 Å². The van der Waals surface area contributed by atoms with E-state index in [1.807, 2.05) is 11.8 Å². The van der Waals surface area contributed by atoms with E-state index in [0.717, 1.165) is 0 Å². The van der Waals surface area contributed by atoms with E-state index in [4.69, 9.17) is 12.2 Å². The molecule has 0 amide bonds. The highest BCUT2D eigenvalue weighted by atomic mass is 32.1. The number of rotatable bonds is 2. The second-order valence-electron chi connectivity index (χ2n) is 3.11. The third kappa shape index (κ3) is 2.06. The smallest absolute Gasteiger partial charge is 0.168 e. The fourth-order valence-corrected chi connectivity index (χ4v) is 1.15. The fraction of sp³-hybridized carbons (Fsp3) is 0.857. The van der Waals surface area contributed by atoms with Gasteiger partial charge in [0.1, 0.15) is 5.72 Å². The van der Waals surface area contributed by atoms with Crippen LogP contribution < -0.4 is 10.6 Å². The van der Waals surface area contributed by atoms with Gasteiger partial charge in [0.25, 0.3) is 0 Å². The van der Waals surface area contributed by atoms with Gasteiger partial charge in [-0.25, -0.2) is 4.90 Å². The zero-order valence-corrected chi connectivity index (χ0v) is 8.24. The SMILES string of the molecule is CC[C@@](C)(O)N1CNC(=S)NC1. The van der Waals surface area contributed by atoms with Gasteiger partial charge >= 0.3 is 0 Å². The highest BCUT2D eigenvalue weighted by molar-refractivity contribution is 7.80. The lowest BCUT2D eigenvalue weighted by Gasteiger charge is -2.39. The molecule has 0 aromatic carbocycles. The van der Waals surface area contributed by atoms with Crippen molar-refractivity contribution in [2.45, 2.75) is 26.0 Å². The molecule has 0 aromatic rings. The van der Waals surface area contributed by atoms with Gasteiger partial charge in [-0.15, -0.1) is 0 Å². The highest BCUT2D eigenvalue weighted by Gasteiger charge is 2.28. The summed E-state index contributed by atoms with van der Waals surface area (Å²) >= 11 is 4.89. The minimum absolute atomic E-state index is 0.604. The van der Waals surface area contributed by atoms with Crippen LogP contribution in [-0.4, -0.2) is 34.2 Å². The predicted octanol–water partition coefficient (Wildman–Crippen LogP) is -0.200. The van der Waals surface area contributed by atoms with E-state index >= 15 is 0 Å². The van der Waals surface area contributed by atoms with Crippen molar-refractivity contribution in [3.63, 3.8) is 0 Å². The Hall–Kier alpha value is -0.390. The van der Waals surface area contributed by atoms with Crippen LogP contribution in [0.25, 0.3) is 0 Å². The van der Waals surface area contributed by atoms with Gasteiger partial charge in [-0.3, -0.25) is 0 Å². The summed E-state index contributed by atoms with van der Waals surface area (Å²) < 4.78 is 0. The third-order valence-corrected chi connectivity index (χ3v) is 2.50. The Kier molecular flexibility index (Phi) is 2.87. The maximum atomic E-state index is 9.84. The van der Waals surface area contributed by atoms with Crippen molar-refractivity contribution in [1.29, 1.82) is 0 Å². The summed E-state index contributed by atoms with van der Waals surface area (Å²) in [6, 6.07) is 0. The first-order valence-corrected chi connectivity index (χ1v) is 4.46. The minimum Gasteiger partial charge on any atom is -0.376 e. The van der Waals surface area contributed by atoms with Crippen LogP contribution in [0.5, 0.6) is 0 Å². The van der Waals surface area contributed by atoms with E-state index in [1.54, 1.807) is 6.92 Å². The van der Waals surface area contributed by atoms with Crippen LogP contribution in [0, 0.1) is 0 Å². The maximum Gasteiger partial charge on any atom is 0.168 e. The molecule has 0 aromatic heterocycles. The van der Waals surface area contributed by atoms with Crippen molar-refractivity contribution in [3.05, 3.63) is 0 Å². The van der Waals surface area contributed by atoms with Gasteiger partial charge in [0.05, 0.1) is 13.3 Å². The van der Waals surface area contributed by atoms with E-state index in [2.05, 4.69) is 10.6 Å². The molecule has 1 rings (SSSR count). The van der Waals surface area contributed by atoms with Crippen molar-refractivity contribution in [3.8, 4) is 0 Å². The van der Waals surface area contributed by atoms with Crippen LogP contribution in [0.4, 0.5) is 0 Å². The number of nitrogens with zero attached hydrogens (tertiary/aromatic N) is 1. The van der Waals surface area contributed by atoms with Crippen LogP contribution in [0.1, 0.15) is 20.3 Å². The van der Waals surface area contributed by atoms with Crippen molar-refractivity contribution < 1.29 is 5.11 Å². The first kappa shape index (κ1) is 9.70. The first-order valence-electron chi connectivity index (χ1n) is 4.05. The highest BCUT2D eigenvalue weighted by Crippen LogP contribution is 2.14. The molecule has 1 aliphatic rings. The molecular weight excluding hydrogens is 174 g/mol. The van der Waals surface area contributed by atoms with Crippen LogP contribution >= 0.6 is 12.2 Å². The van der Waals surface area contributed by atoms with Crippen molar-refractivity contribution >= 4 is 17.3 Å². The molecule has 3 N–H and O–H groups in total. The summed E-state index contributed by atoms with van der Waals surface area (Å²) in [4.78, 5) is 1.89. The molecule has 4 nitrogen and oxygen atoms in total. The Bertz CT molecular complexity index is 173. The molecule has 1 heterocycles. The van der Waals surface area contributed by atoms with Gasteiger partial charge in [0.2, 0.25) is 0 Å². The lowest BCUT2D eigenvalue weighted by molar-refractivity contribution is -0.102. The molecule has 70 valence electrons. The fourth-order valence-electron chi connectivity index (χ4n) is 1.02. The molecule has 0 aliphatic carbocycles. The summed E-state index contributed by atoms with van der Waals surface area (Å²) in [7, 11) is 0. The quantitative estimate of drug-likeness (QED) is 0.525. The Morgan fingerprint density at radius 1 is 1.58 bits per heavy atom. The average molecular weight is 189 g/mol. The summed E-state index contributed by atoms with van der Waals surface area (Å²) in [5.74, 6) is 0. The lowest BCUT2D eigenvalue weighted by Crippen LogP contribution is -2.61. The van der Waals surface area contributed by atoms with E-state index in [1.165, 1.54) is 0 Å². The van der Waals surface area contributed by atoms with Crippen molar-refractivity contribution in [2.75, 3.05) is 13.3 Å². The van der Waals surface area contributed by atoms with E-state index < -0.39 is 5.72 Å². The zero-order chi connectivity index (χ0) is 9.19. The van der Waals surface area contributed by atoms with Crippen LogP contribution in [0.2, 0.25) is 0 Å². The van der Waals surface area contributed by atoms with Gasteiger partial charge < -0.3 is 15.7 Å². The molecular formula is C7H15N3OS.